The van der Waals surface area contributed by atoms with Crippen LogP contribution in [0.2, 0.25) is 0 Å². The van der Waals surface area contributed by atoms with E-state index in [1.807, 2.05) is 13.8 Å². The Kier molecular flexibility index (Phi) is 6.08. The van der Waals surface area contributed by atoms with Gasteiger partial charge in [-0.2, -0.15) is 0 Å². The summed E-state index contributed by atoms with van der Waals surface area (Å²) in [6.07, 6.45) is 1.64. The fourth-order valence-electron chi connectivity index (χ4n) is 2.34. The molecule has 19 heavy (non-hydrogen) atoms. The van der Waals surface area contributed by atoms with Crippen LogP contribution in [0.4, 0.5) is 4.79 Å². The molecule has 1 heterocycles. The first kappa shape index (κ1) is 15.8. The van der Waals surface area contributed by atoms with E-state index < -0.39 is 5.97 Å². The molecule has 1 rings (SSSR count). The molecule has 0 aromatic heterocycles. The number of aliphatic carboxylic acids is 1. The summed E-state index contributed by atoms with van der Waals surface area (Å²) >= 11 is 0. The summed E-state index contributed by atoms with van der Waals surface area (Å²) in [7, 11) is 1.60. The molecule has 2 N–H and O–H groups in total. The van der Waals surface area contributed by atoms with E-state index in [1.54, 1.807) is 12.0 Å². The zero-order chi connectivity index (χ0) is 14.4. The van der Waals surface area contributed by atoms with Crippen LogP contribution < -0.4 is 5.32 Å². The summed E-state index contributed by atoms with van der Waals surface area (Å²) in [5, 5.41) is 11.8. The van der Waals surface area contributed by atoms with Crippen LogP contribution in [0.5, 0.6) is 0 Å². The first-order chi connectivity index (χ1) is 8.95. The van der Waals surface area contributed by atoms with E-state index in [9.17, 15) is 9.59 Å². The second kappa shape index (κ2) is 7.33. The van der Waals surface area contributed by atoms with Gasteiger partial charge >= 0.3 is 12.0 Å². The highest BCUT2D eigenvalue weighted by molar-refractivity contribution is 5.76. The Hall–Kier alpha value is -1.30. The van der Waals surface area contributed by atoms with Crippen LogP contribution in [0.3, 0.4) is 0 Å². The maximum Gasteiger partial charge on any atom is 0.317 e. The van der Waals surface area contributed by atoms with E-state index in [1.165, 1.54) is 0 Å². The van der Waals surface area contributed by atoms with Crippen LogP contribution in [-0.4, -0.2) is 54.4 Å². The molecule has 0 aliphatic carbocycles. The van der Waals surface area contributed by atoms with Crippen LogP contribution in [0.25, 0.3) is 0 Å². The average molecular weight is 272 g/mol. The number of methoxy groups -OCH3 is 1. The number of rotatable bonds is 6. The van der Waals surface area contributed by atoms with Crippen molar-refractivity contribution in [3.63, 3.8) is 0 Å². The lowest BCUT2D eigenvalue weighted by Gasteiger charge is -2.28. The molecule has 1 saturated heterocycles. The van der Waals surface area contributed by atoms with E-state index in [2.05, 4.69) is 5.32 Å². The molecule has 6 heteroatoms. The Labute approximate surface area is 114 Å². The van der Waals surface area contributed by atoms with Gasteiger partial charge in [0, 0.05) is 19.7 Å². The van der Waals surface area contributed by atoms with Crippen molar-refractivity contribution in [3.8, 4) is 0 Å². The minimum atomic E-state index is -0.859. The molecule has 0 saturated carbocycles. The van der Waals surface area contributed by atoms with Crippen LogP contribution in [0.1, 0.15) is 33.1 Å². The molecule has 1 aliphatic heterocycles. The predicted molar refractivity (Wildman–Crippen MR) is 71.0 cm³/mol. The first-order valence-corrected chi connectivity index (χ1v) is 6.73. The highest BCUT2D eigenvalue weighted by atomic mass is 16.5. The maximum absolute atomic E-state index is 12.2. The molecule has 1 fully saturated rings. The summed E-state index contributed by atoms with van der Waals surface area (Å²) in [4.78, 5) is 24.6. The average Bonchev–Trinajstić information content (AvgIpc) is 2.75. The quantitative estimate of drug-likeness (QED) is 0.764. The molecule has 2 amide bonds. The number of nitrogens with one attached hydrogen (secondary N) is 1. The molecule has 6 nitrogen and oxygen atoms in total. The van der Waals surface area contributed by atoms with Gasteiger partial charge in [0.2, 0.25) is 0 Å². The minimum absolute atomic E-state index is 0.0179. The van der Waals surface area contributed by atoms with E-state index >= 15 is 0 Å². The van der Waals surface area contributed by atoms with Gasteiger partial charge < -0.3 is 20.1 Å². The smallest absolute Gasteiger partial charge is 0.317 e. The SMILES string of the molecule is COCC(NC(=O)N1CCCC1CC(=O)O)C(C)C. The Morgan fingerprint density at radius 1 is 1.47 bits per heavy atom. The van der Waals surface area contributed by atoms with Crippen molar-refractivity contribution in [2.24, 2.45) is 5.92 Å². The zero-order valence-corrected chi connectivity index (χ0v) is 11.9. The highest BCUT2D eigenvalue weighted by Crippen LogP contribution is 2.20. The summed E-state index contributed by atoms with van der Waals surface area (Å²) < 4.78 is 5.09. The number of urea groups is 1. The van der Waals surface area contributed by atoms with E-state index in [-0.39, 0.29) is 30.5 Å². The summed E-state index contributed by atoms with van der Waals surface area (Å²) in [6, 6.07) is -0.420. The molecule has 2 unspecified atom stereocenters. The number of hydrogen-bond acceptors (Lipinski definition) is 3. The number of carbonyl (C=O) groups is 2. The van der Waals surface area contributed by atoms with Gasteiger partial charge in [-0.1, -0.05) is 13.8 Å². The molecule has 0 aromatic rings. The number of nitrogens with zero attached hydrogens (tertiary/aromatic N) is 1. The van der Waals surface area contributed by atoms with Crippen molar-refractivity contribution in [2.45, 2.75) is 45.2 Å². The van der Waals surface area contributed by atoms with E-state index in [4.69, 9.17) is 9.84 Å². The number of carboxylic acids is 1. The number of hydrogen-bond donors (Lipinski definition) is 2. The number of amides is 2. The van der Waals surface area contributed by atoms with Crippen molar-refractivity contribution < 1.29 is 19.4 Å². The molecule has 1 aliphatic rings. The third-order valence-corrected chi connectivity index (χ3v) is 3.51. The van der Waals surface area contributed by atoms with E-state index in [0.717, 1.165) is 12.8 Å². The molecule has 0 radical (unpaired) electrons. The number of carbonyl (C=O) groups excluding carboxylic acids is 1. The topological polar surface area (TPSA) is 78.9 Å². The standard InChI is InChI=1S/C13H24N2O4/c1-9(2)11(8-19-3)14-13(18)15-6-4-5-10(15)7-12(16)17/h9-11H,4-8H2,1-3H3,(H,14,18)(H,16,17). The molecule has 0 spiro atoms. The number of carboxylic acid groups (broad SMARTS) is 1. The Morgan fingerprint density at radius 3 is 2.68 bits per heavy atom. The summed E-state index contributed by atoms with van der Waals surface area (Å²) in [5.74, 6) is -0.591. The maximum atomic E-state index is 12.2. The molecule has 110 valence electrons. The van der Waals surface area contributed by atoms with Crippen LogP contribution in [0.15, 0.2) is 0 Å². The molecular formula is C13H24N2O4. The summed E-state index contributed by atoms with van der Waals surface area (Å²) in [5.41, 5.74) is 0. The Morgan fingerprint density at radius 2 is 2.16 bits per heavy atom. The Balaban J connectivity index is 2.57. The van der Waals surface area contributed by atoms with Gasteiger partial charge in [-0.15, -0.1) is 0 Å². The third kappa shape index (κ3) is 4.70. The fraction of sp³-hybridized carbons (Fsp3) is 0.846. The zero-order valence-electron chi connectivity index (χ0n) is 11.9. The number of ether oxygens (including phenoxy) is 1. The lowest BCUT2D eigenvalue weighted by atomic mass is 10.1. The largest absolute Gasteiger partial charge is 0.481 e. The third-order valence-electron chi connectivity index (χ3n) is 3.51. The van der Waals surface area contributed by atoms with Gasteiger partial charge in [-0.25, -0.2) is 4.79 Å². The molecule has 2 atom stereocenters. The van der Waals surface area contributed by atoms with Crippen molar-refractivity contribution in [2.75, 3.05) is 20.3 Å². The van der Waals surface area contributed by atoms with Crippen LogP contribution >= 0.6 is 0 Å². The van der Waals surface area contributed by atoms with Crippen molar-refractivity contribution in [1.29, 1.82) is 0 Å². The second-order valence-corrected chi connectivity index (χ2v) is 5.34. The predicted octanol–water partition coefficient (Wildman–Crippen LogP) is 1.31. The van der Waals surface area contributed by atoms with Gasteiger partial charge in [-0.3, -0.25) is 4.79 Å². The van der Waals surface area contributed by atoms with Gasteiger partial charge in [0.25, 0.3) is 0 Å². The monoisotopic (exact) mass is 272 g/mol. The van der Waals surface area contributed by atoms with E-state index in [0.29, 0.717) is 13.2 Å². The lowest BCUT2D eigenvalue weighted by Crippen LogP contribution is -2.50. The van der Waals surface area contributed by atoms with Crippen molar-refractivity contribution >= 4 is 12.0 Å². The fourth-order valence-corrected chi connectivity index (χ4v) is 2.34. The normalized spacial score (nSPS) is 20.6. The molecular weight excluding hydrogens is 248 g/mol. The second-order valence-electron chi connectivity index (χ2n) is 5.34. The van der Waals surface area contributed by atoms with Crippen molar-refractivity contribution in [3.05, 3.63) is 0 Å². The minimum Gasteiger partial charge on any atom is -0.481 e. The van der Waals surface area contributed by atoms with Crippen molar-refractivity contribution in [1.82, 2.24) is 10.2 Å². The lowest BCUT2D eigenvalue weighted by molar-refractivity contribution is -0.137. The van der Waals surface area contributed by atoms with Gasteiger partial charge in [0.05, 0.1) is 19.1 Å². The van der Waals surface area contributed by atoms with Gasteiger partial charge in [-0.05, 0) is 18.8 Å². The van der Waals surface area contributed by atoms with Gasteiger partial charge in [0.1, 0.15) is 0 Å². The van der Waals surface area contributed by atoms with Gasteiger partial charge in [0.15, 0.2) is 0 Å². The highest BCUT2D eigenvalue weighted by Gasteiger charge is 2.31. The Bertz CT molecular complexity index is 320. The van der Waals surface area contributed by atoms with Crippen LogP contribution in [-0.2, 0) is 9.53 Å². The number of likely N-dealkylation sites (tertiary alicyclic amines) is 1. The molecule has 0 aromatic carbocycles. The molecule has 0 bridgehead atoms. The summed E-state index contributed by atoms with van der Waals surface area (Å²) in [6.45, 7) is 5.12. The first-order valence-electron chi connectivity index (χ1n) is 6.73. The van der Waals surface area contributed by atoms with Crippen LogP contribution in [0, 0.1) is 5.92 Å².